The third kappa shape index (κ3) is 1.09. The normalized spacial score (nSPS) is 14.5. The molecule has 0 saturated heterocycles. The lowest BCUT2D eigenvalue weighted by molar-refractivity contribution is -0.114. The van der Waals surface area contributed by atoms with Crippen LogP contribution in [0.3, 0.4) is 0 Å². The van der Waals surface area contributed by atoms with Crippen molar-refractivity contribution in [3.05, 3.63) is 41.0 Å². The summed E-state index contributed by atoms with van der Waals surface area (Å²) in [6.45, 7) is 0. The highest BCUT2D eigenvalue weighted by molar-refractivity contribution is 6.02. The number of carbonyl (C=O) groups is 1. The minimum Gasteiger partial charge on any atom is -0.398 e. The van der Waals surface area contributed by atoms with E-state index < -0.39 is 5.91 Å². The Bertz CT molecular complexity index is 407. The zero-order valence-electron chi connectivity index (χ0n) is 7.08. The lowest BCUT2D eigenvalue weighted by Crippen LogP contribution is -2.16. The molecule has 0 heterocycles. The van der Waals surface area contributed by atoms with Crippen LogP contribution in [0.15, 0.2) is 29.8 Å². The van der Waals surface area contributed by atoms with Crippen LogP contribution in [0, 0.1) is 0 Å². The highest BCUT2D eigenvalue weighted by atomic mass is 16.1. The molecule has 1 amide bonds. The fraction of sp³-hybridized carbons (Fsp3) is 0.100. The van der Waals surface area contributed by atoms with Gasteiger partial charge in [0.05, 0.1) is 0 Å². The Morgan fingerprint density at radius 2 is 2.00 bits per heavy atom. The Balaban J connectivity index is 2.53. The average Bonchev–Trinajstić information content (AvgIpc) is 2.45. The van der Waals surface area contributed by atoms with Gasteiger partial charge in [0, 0.05) is 23.3 Å². The predicted octanol–water partition coefficient (Wildman–Crippen LogP) is 0.398. The first-order chi connectivity index (χ1) is 6.20. The van der Waals surface area contributed by atoms with Gasteiger partial charge in [-0.15, -0.1) is 0 Å². The van der Waals surface area contributed by atoms with E-state index in [0.717, 1.165) is 11.1 Å². The number of rotatable bonds is 1. The highest BCUT2D eigenvalue weighted by Crippen LogP contribution is 2.28. The SMILES string of the molecule is NC(=O)C1=C(N)c2ccccc2C1. The topological polar surface area (TPSA) is 69.1 Å². The first-order valence-corrected chi connectivity index (χ1v) is 4.07. The summed E-state index contributed by atoms with van der Waals surface area (Å²) < 4.78 is 0. The summed E-state index contributed by atoms with van der Waals surface area (Å²) in [6, 6.07) is 7.68. The number of fused-ring (bicyclic) bond motifs is 1. The van der Waals surface area contributed by atoms with Crippen LogP contribution in [-0.4, -0.2) is 5.91 Å². The summed E-state index contributed by atoms with van der Waals surface area (Å²) >= 11 is 0. The monoisotopic (exact) mass is 174 g/mol. The van der Waals surface area contributed by atoms with Gasteiger partial charge < -0.3 is 11.5 Å². The summed E-state index contributed by atoms with van der Waals surface area (Å²) in [5, 5.41) is 0. The number of hydrogen-bond donors (Lipinski definition) is 2. The fourth-order valence-corrected chi connectivity index (χ4v) is 1.61. The van der Waals surface area contributed by atoms with Gasteiger partial charge in [-0.1, -0.05) is 24.3 Å². The minimum absolute atomic E-state index is 0.422. The first-order valence-electron chi connectivity index (χ1n) is 4.07. The van der Waals surface area contributed by atoms with E-state index in [-0.39, 0.29) is 0 Å². The zero-order chi connectivity index (χ0) is 9.42. The van der Waals surface area contributed by atoms with Gasteiger partial charge in [-0.2, -0.15) is 0 Å². The van der Waals surface area contributed by atoms with Crippen LogP contribution >= 0.6 is 0 Å². The largest absolute Gasteiger partial charge is 0.398 e. The predicted molar refractivity (Wildman–Crippen MR) is 50.4 cm³/mol. The zero-order valence-corrected chi connectivity index (χ0v) is 7.08. The average molecular weight is 174 g/mol. The molecule has 0 aliphatic heterocycles. The standard InChI is InChI=1S/C10H10N2O/c11-9-7-4-2-1-3-6(7)5-8(9)10(12)13/h1-4H,5,11H2,(H2,12,13). The van der Waals surface area contributed by atoms with Crippen LogP contribution < -0.4 is 11.5 Å². The lowest BCUT2D eigenvalue weighted by Gasteiger charge is -1.97. The third-order valence-electron chi connectivity index (χ3n) is 2.30. The molecule has 1 aliphatic carbocycles. The number of primary amides is 1. The van der Waals surface area contributed by atoms with Crippen molar-refractivity contribution >= 4 is 11.6 Å². The molecule has 3 heteroatoms. The van der Waals surface area contributed by atoms with Gasteiger partial charge in [-0.3, -0.25) is 4.79 Å². The van der Waals surface area contributed by atoms with Gasteiger partial charge in [-0.25, -0.2) is 0 Å². The van der Waals surface area contributed by atoms with E-state index in [1.165, 1.54) is 0 Å². The molecule has 4 N–H and O–H groups in total. The van der Waals surface area contributed by atoms with Gasteiger partial charge in [0.15, 0.2) is 0 Å². The van der Waals surface area contributed by atoms with Crippen LogP contribution in [0.2, 0.25) is 0 Å². The Morgan fingerprint density at radius 3 is 2.62 bits per heavy atom. The summed E-state index contributed by atoms with van der Waals surface area (Å²) in [4.78, 5) is 11.0. The molecule has 13 heavy (non-hydrogen) atoms. The van der Waals surface area contributed by atoms with E-state index in [4.69, 9.17) is 11.5 Å². The van der Waals surface area contributed by atoms with Crippen LogP contribution in [0.4, 0.5) is 0 Å². The Morgan fingerprint density at radius 1 is 1.31 bits per heavy atom. The second-order valence-electron chi connectivity index (χ2n) is 3.09. The maximum atomic E-state index is 11.0. The van der Waals surface area contributed by atoms with Gasteiger partial charge in [0.1, 0.15) is 0 Å². The summed E-state index contributed by atoms with van der Waals surface area (Å²) in [7, 11) is 0. The maximum absolute atomic E-state index is 11.0. The number of carbonyl (C=O) groups excluding carboxylic acids is 1. The molecule has 0 saturated carbocycles. The molecule has 0 aromatic heterocycles. The summed E-state index contributed by atoms with van der Waals surface area (Å²) in [5.74, 6) is -0.422. The van der Waals surface area contributed by atoms with Crippen LogP contribution in [0.25, 0.3) is 5.70 Å². The van der Waals surface area contributed by atoms with Crippen LogP contribution in [-0.2, 0) is 11.2 Å². The van der Waals surface area contributed by atoms with Gasteiger partial charge in [0.2, 0.25) is 5.91 Å². The van der Waals surface area contributed by atoms with Gasteiger partial charge >= 0.3 is 0 Å². The van der Waals surface area contributed by atoms with Crippen molar-refractivity contribution in [3.8, 4) is 0 Å². The Hall–Kier alpha value is -1.77. The van der Waals surface area contributed by atoms with E-state index in [2.05, 4.69) is 0 Å². The van der Waals surface area contributed by atoms with Crippen molar-refractivity contribution in [1.82, 2.24) is 0 Å². The molecule has 0 bridgehead atoms. The maximum Gasteiger partial charge on any atom is 0.247 e. The second-order valence-corrected chi connectivity index (χ2v) is 3.09. The molecule has 1 aliphatic rings. The van der Waals surface area contributed by atoms with E-state index in [0.29, 0.717) is 17.7 Å². The van der Waals surface area contributed by atoms with Crippen molar-refractivity contribution in [2.75, 3.05) is 0 Å². The van der Waals surface area contributed by atoms with E-state index in [1.807, 2.05) is 24.3 Å². The number of benzene rings is 1. The van der Waals surface area contributed by atoms with Crippen LogP contribution in [0.5, 0.6) is 0 Å². The van der Waals surface area contributed by atoms with Crippen LogP contribution in [0.1, 0.15) is 11.1 Å². The number of hydrogen-bond acceptors (Lipinski definition) is 2. The minimum atomic E-state index is -0.422. The molecule has 66 valence electrons. The van der Waals surface area contributed by atoms with Crippen molar-refractivity contribution in [2.24, 2.45) is 11.5 Å². The third-order valence-corrected chi connectivity index (χ3v) is 2.30. The van der Waals surface area contributed by atoms with Crippen molar-refractivity contribution in [1.29, 1.82) is 0 Å². The molecule has 3 nitrogen and oxygen atoms in total. The van der Waals surface area contributed by atoms with Crippen molar-refractivity contribution in [3.63, 3.8) is 0 Å². The molecular weight excluding hydrogens is 164 g/mol. The molecule has 0 spiro atoms. The smallest absolute Gasteiger partial charge is 0.247 e. The van der Waals surface area contributed by atoms with Crippen molar-refractivity contribution < 1.29 is 4.79 Å². The van der Waals surface area contributed by atoms with E-state index in [9.17, 15) is 4.79 Å². The molecular formula is C10H10N2O. The molecule has 2 rings (SSSR count). The summed E-state index contributed by atoms with van der Waals surface area (Å²) in [5.41, 5.74) is 14.0. The lowest BCUT2D eigenvalue weighted by atomic mass is 10.1. The summed E-state index contributed by atoms with van der Waals surface area (Å²) in [6.07, 6.45) is 0.567. The first kappa shape index (κ1) is 7.86. The molecule has 0 atom stereocenters. The highest BCUT2D eigenvalue weighted by Gasteiger charge is 2.21. The Labute approximate surface area is 76.0 Å². The van der Waals surface area contributed by atoms with Gasteiger partial charge in [0.25, 0.3) is 0 Å². The van der Waals surface area contributed by atoms with Gasteiger partial charge in [-0.05, 0) is 5.56 Å². The molecule has 0 fully saturated rings. The molecule has 1 aromatic carbocycles. The number of amides is 1. The molecule has 0 unspecified atom stereocenters. The van der Waals surface area contributed by atoms with Crippen molar-refractivity contribution in [2.45, 2.75) is 6.42 Å². The molecule has 0 radical (unpaired) electrons. The van der Waals surface area contributed by atoms with E-state index in [1.54, 1.807) is 0 Å². The second kappa shape index (κ2) is 2.62. The quantitative estimate of drug-likeness (QED) is 0.647. The molecule has 1 aromatic rings. The fourth-order valence-electron chi connectivity index (χ4n) is 1.61. The Kier molecular flexibility index (Phi) is 1.59. The van der Waals surface area contributed by atoms with E-state index >= 15 is 0 Å². The number of nitrogens with two attached hydrogens (primary N) is 2.